The van der Waals surface area contributed by atoms with Gasteiger partial charge in [0.05, 0.1) is 19.0 Å². The number of carbonyl (C=O) groups is 3. The van der Waals surface area contributed by atoms with Crippen molar-refractivity contribution in [3.05, 3.63) is 24.3 Å². The summed E-state index contributed by atoms with van der Waals surface area (Å²) in [6, 6.07) is 5.44. The number of carbonyl (C=O) groups excluding carboxylic acids is 3. The fourth-order valence-corrected chi connectivity index (χ4v) is 3.83. The molecule has 3 rings (SSSR count). The summed E-state index contributed by atoms with van der Waals surface area (Å²) in [5.41, 5.74) is -0.810. The van der Waals surface area contributed by atoms with Crippen LogP contribution in [0.4, 0.5) is 4.79 Å². The average molecular weight is 476 g/mol. The van der Waals surface area contributed by atoms with Crippen molar-refractivity contribution >= 4 is 28.9 Å². The van der Waals surface area contributed by atoms with E-state index in [-0.39, 0.29) is 18.8 Å². The third-order valence-corrected chi connectivity index (χ3v) is 5.42. The van der Waals surface area contributed by atoms with E-state index in [4.69, 9.17) is 18.7 Å². The number of alkyl carbamates (subject to hydrolysis) is 1. The maximum Gasteiger partial charge on any atom is 0.408 e. The van der Waals surface area contributed by atoms with Crippen molar-refractivity contribution in [3.63, 3.8) is 0 Å². The quantitative estimate of drug-likeness (QED) is 0.654. The highest BCUT2D eigenvalue weighted by atomic mass is 16.6. The molecule has 1 saturated heterocycles. The van der Waals surface area contributed by atoms with Crippen LogP contribution in [0, 0.1) is 5.41 Å². The van der Waals surface area contributed by atoms with E-state index in [1.165, 1.54) is 12.0 Å². The Morgan fingerprint density at radius 1 is 1.15 bits per heavy atom. The largest absolute Gasteiger partial charge is 0.470 e. The molecule has 10 heteroatoms. The van der Waals surface area contributed by atoms with Crippen molar-refractivity contribution in [2.75, 3.05) is 13.7 Å². The normalized spacial score (nSPS) is 19.6. The molecule has 1 aliphatic rings. The first-order valence-corrected chi connectivity index (χ1v) is 11.2. The average Bonchev–Trinajstić information content (AvgIpc) is 3.34. The summed E-state index contributed by atoms with van der Waals surface area (Å²) in [7, 11) is 1.27. The molecule has 0 saturated carbocycles. The lowest BCUT2D eigenvalue weighted by atomic mass is 9.85. The van der Waals surface area contributed by atoms with Gasteiger partial charge in [0.15, 0.2) is 5.58 Å². The van der Waals surface area contributed by atoms with Gasteiger partial charge >= 0.3 is 12.1 Å². The molecule has 34 heavy (non-hydrogen) atoms. The summed E-state index contributed by atoms with van der Waals surface area (Å²) >= 11 is 0. The smallest absolute Gasteiger partial charge is 0.408 e. The lowest BCUT2D eigenvalue weighted by molar-refractivity contribution is -0.152. The zero-order valence-electron chi connectivity index (χ0n) is 20.7. The van der Waals surface area contributed by atoms with Crippen molar-refractivity contribution in [3.8, 4) is 5.88 Å². The molecule has 3 unspecified atom stereocenters. The summed E-state index contributed by atoms with van der Waals surface area (Å²) < 4.78 is 21.6. The third kappa shape index (κ3) is 5.78. The summed E-state index contributed by atoms with van der Waals surface area (Å²) in [5.74, 6) is -0.697. The number of aromatic nitrogens is 1. The number of benzene rings is 1. The van der Waals surface area contributed by atoms with E-state index >= 15 is 0 Å². The second-order valence-electron chi connectivity index (χ2n) is 10.4. The van der Waals surface area contributed by atoms with Crippen LogP contribution >= 0.6 is 0 Å². The zero-order chi connectivity index (χ0) is 25.3. The molecule has 3 atom stereocenters. The Morgan fingerprint density at radius 2 is 1.82 bits per heavy atom. The van der Waals surface area contributed by atoms with Gasteiger partial charge in [-0.25, -0.2) is 9.59 Å². The number of amides is 2. The van der Waals surface area contributed by atoms with E-state index in [9.17, 15) is 14.4 Å². The van der Waals surface area contributed by atoms with Crippen molar-refractivity contribution < 1.29 is 33.1 Å². The van der Waals surface area contributed by atoms with E-state index in [1.54, 1.807) is 26.8 Å². The lowest BCUT2D eigenvalue weighted by Gasteiger charge is -2.35. The first-order valence-electron chi connectivity index (χ1n) is 11.2. The van der Waals surface area contributed by atoms with Gasteiger partial charge in [-0.1, -0.05) is 32.9 Å². The number of likely N-dealkylation sites (tertiary alicyclic amines) is 1. The molecule has 1 N–H and O–H groups in total. The van der Waals surface area contributed by atoms with Gasteiger partial charge in [-0.05, 0) is 43.5 Å². The number of methoxy groups -OCH3 is 1. The number of nitrogens with zero attached hydrogens (tertiary/aromatic N) is 2. The van der Waals surface area contributed by atoms with E-state index in [0.29, 0.717) is 11.0 Å². The Hall–Kier alpha value is -3.30. The van der Waals surface area contributed by atoms with Gasteiger partial charge in [0, 0.05) is 6.42 Å². The van der Waals surface area contributed by atoms with E-state index < -0.39 is 47.2 Å². The molecule has 1 fully saturated rings. The molecule has 1 aromatic heterocycles. The molecule has 0 radical (unpaired) electrons. The van der Waals surface area contributed by atoms with Gasteiger partial charge < -0.3 is 29.0 Å². The summed E-state index contributed by atoms with van der Waals surface area (Å²) in [5, 5.41) is 7.35. The molecule has 1 aliphatic heterocycles. The van der Waals surface area contributed by atoms with Crippen LogP contribution in [0.1, 0.15) is 48.0 Å². The van der Waals surface area contributed by atoms with Crippen molar-refractivity contribution in [1.82, 2.24) is 15.4 Å². The Kier molecular flexibility index (Phi) is 7.09. The highest BCUT2D eigenvalue weighted by molar-refractivity contribution is 5.91. The highest BCUT2D eigenvalue weighted by Gasteiger charge is 2.46. The predicted molar refractivity (Wildman–Crippen MR) is 123 cm³/mol. The van der Waals surface area contributed by atoms with Crippen LogP contribution in [-0.2, 0) is 19.1 Å². The van der Waals surface area contributed by atoms with Gasteiger partial charge in [0.1, 0.15) is 23.8 Å². The second kappa shape index (κ2) is 9.52. The molecule has 0 bridgehead atoms. The zero-order valence-corrected chi connectivity index (χ0v) is 20.7. The molecule has 1 aromatic carbocycles. The Balaban J connectivity index is 1.82. The number of rotatable bonds is 5. The minimum atomic E-state index is -0.943. The first kappa shape index (κ1) is 25.3. The predicted octanol–water partition coefficient (Wildman–Crippen LogP) is 3.29. The molecule has 0 spiro atoms. The molecule has 0 aliphatic carbocycles. The maximum atomic E-state index is 13.6. The van der Waals surface area contributed by atoms with Gasteiger partial charge in [0.25, 0.3) is 5.88 Å². The Bertz CT molecular complexity index is 1050. The van der Waals surface area contributed by atoms with E-state index in [0.717, 1.165) is 0 Å². The van der Waals surface area contributed by atoms with Crippen LogP contribution in [0.15, 0.2) is 28.8 Å². The molecule has 10 nitrogen and oxygen atoms in total. The molecule has 186 valence electrons. The van der Waals surface area contributed by atoms with Gasteiger partial charge in [-0.3, -0.25) is 4.79 Å². The summed E-state index contributed by atoms with van der Waals surface area (Å²) in [4.78, 5) is 40.1. The van der Waals surface area contributed by atoms with Gasteiger partial charge in [-0.15, -0.1) is 0 Å². The summed E-state index contributed by atoms with van der Waals surface area (Å²) in [6.45, 7) is 10.8. The fraction of sp³-hybridized carbons (Fsp3) is 0.583. The lowest BCUT2D eigenvalue weighted by Crippen LogP contribution is -2.57. The van der Waals surface area contributed by atoms with Gasteiger partial charge in [0.2, 0.25) is 5.91 Å². The number of hydrogen-bond acceptors (Lipinski definition) is 8. The minimum Gasteiger partial charge on any atom is -0.470 e. The van der Waals surface area contributed by atoms with Gasteiger partial charge in [-0.2, -0.15) is 0 Å². The van der Waals surface area contributed by atoms with Crippen LogP contribution in [0.5, 0.6) is 5.88 Å². The minimum absolute atomic E-state index is 0.113. The van der Waals surface area contributed by atoms with E-state index in [2.05, 4.69) is 10.5 Å². The molecule has 2 aromatic rings. The van der Waals surface area contributed by atoms with Crippen LogP contribution in [0.2, 0.25) is 0 Å². The third-order valence-electron chi connectivity index (χ3n) is 5.42. The number of fused-ring (bicyclic) bond motifs is 1. The number of hydrogen-bond donors (Lipinski definition) is 1. The first-order chi connectivity index (χ1) is 15.8. The van der Waals surface area contributed by atoms with Crippen molar-refractivity contribution in [1.29, 1.82) is 0 Å². The standard InChI is InChI=1S/C24H33N3O7/c1-23(2,3)18(25-22(30)33-24(4,5)6)20(28)27-13-14(12-16(27)21(29)31-7)32-19-15-10-8-9-11-17(15)34-26-19/h8-11,14,16,18H,12-13H2,1-7H3,(H,25,30). The van der Waals surface area contributed by atoms with E-state index in [1.807, 2.05) is 39.0 Å². The summed E-state index contributed by atoms with van der Waals surface area (Å²) in [6.07, 6.45) is -1.02. The Labute approximate surface area is 198 Å². The molecule has 2 heterocycles. The Morgan fingerprint density at radius 3 is 2.44 bits per heavy atom. The monoisotopic (exact) mass is 475 g/mol. The van der Waals surface area contributed by atoms with Crippen LogP contribution < -0.4 is 10.1 Å². The molecular weight excluding hydrogens is 442 g/mol. The fourth-order valence-electron chi connectivity index (χ4n) is 3.83. The number of esters is 1. The molecule has 2 amide bonds. The number of nitrogens with one attached hydrogen (secondary N) is 1. The number of para-hydroxylation sites is 1. The topological polar surface area (TPSA) is 120 Å². The van der Waals surface area contributed by atoms with Crippen LogP contribution in [-0.4, -0.2) is 65.5 Å². The number of ether oxygens (including phenoxy) is 3. The SMILES string of the molecule is COC(=O)C1CC(Oc2noc3ccccc23)CN1C(=O)C(NC(=O)OC(C)(C)C)C(C)(C)C. The highest BCUT2D eigenvalue weighted by Crippen LogP contribution is 2.31. The van der Waals surface area contributed by atoms with Crippen LogP contribution in [0.3, 0.4) is 0 Å². The maximum absolute atomic E-state index is 13.6. The van der Waals surface area contributed by atoms with Crippen molar-refractivity contribution in [2.45, 2.75) is 71.8 Å². The molecular formula is C24H33N3O7. The van der Waals surface area contributed by atoms with Crippen LogP contribution in [0.25, 0.3) is 11.0 Å². The van der Waals surface area contributed by atoms with Crippen molar-refractivity contribution in [2.24, 2.45) is 5.41 Å². The second-order valence-corrected chi connectivity index (χ2v) is 10.4.